The number of alkyl halides is 3. The highest BCUT2D eigenvalue weighted by Crippen LogP contribution is 2.31. The average Bonchev–Trinajstić information content (AvgIpc) is 3.27. The van der Waals surface area contributed by atoms with E-state index in [1.165, 1.54) is 0 Å². The first-order valence-corrected chi connectivity index (χ1v) is 11.9. The van der Waals surface area contributed by atoms with Gasteiger partial charge in [-0.1, -0.05) is 6.07 Å². The van der Waals surface area contributed by atoms with E-state index in [9.17, 15) is 26.4 Å². The van der Waals surface area contributed by atoms with Gasteiger partial charge in [0.05, 0.1) is 17.1 Å². The molecule has 12 heteroatoms. The summed E-state index contributed by atoms with van der Waals surface area (Å²) in [4.78, 5) is 16.9. The molecule has 34 heavy (non-hydrogen) atoms. The van der Waals surface area contributed by atoms with Crippen LogP contribution < -0.4 is 15.5 Å². The molecule has 0 unspecified atom stereocenters. The molecule has 0 spiro atoms. The van der Waals surface area contributed by atoms with Crippen molar-refractivity contribution in [1.29, 1.82) is 0 Å². The van der Waals surface area contributed by atoms with Crippen LogP contribution >= 0.6 is 0 Å². The monoisotopic (exact) mass is 497 g/mol. The van der Waals surface area contributed by atoms with E-state index < -0.39 is 26.7 Å². The highest BCUT2D eigenvalue weighted by atomic mass is 32.2. The Balaban J connectivity index is 1.27. The summed E-state index contributed by atoms with van der Waals surface area (Å²) in [5.41, 5.74) is 3.83. The van der Waals surface area contributed by atoms with E-state index in [4.69, 9.17) is 9.57 Å². The quantitative estimate of drug-likeness (QED) is 0.571. The summed E-state index contributed by atoms with van der Waals surface area (Å²) in [5, 5.41) is 2.72. The number of anilines is 1. The van der Waals surface area contributed by atoms with Gasteiger partial charge in [-0.25, -0.2) is 8.42 Å². The fourth-order valence-electron chi connectivity index (χ4n) is 3.60. The van der Waals surface area contributed by atoms with Crippen molar-refractivity contribution in [2.45, 2.75) is 23.9 Å². The molecular weight excluding hydrogens is 475 g/mol. The topological polar surface area (TPSA) is 97.0 Å². The van der Waals surface area contributed by atoms with Crippen LogP contribution in [0, 0.1) is 0 Å². The normalized spacial score (nSPS) is 16.4. The lowest BCUT2D eigenvalue weighted by molar-refractivity contribution is -0.137. The maximum absolute atomic E-state index is 12.9. The van der Waals surface area contributed by atoms with Gasteiger partial charge in [-0.3, -0.25) is 15.1 Å². The summed E-state index contributed by atoms with van der Waals surface area (Å²) in [6.45, 7) is 0.336. The third-order valence-corrected chi connectivity index (χ3v) is 7.21. The molecule has 2 heterocycles. The average molecular weight is 497 g/mol. The summed E-state index contributed by atoms with van der Waals surface area (Å²) in [6.07, 6.45) is -2.06. The van der Waals surface area contributed by atoms with Gasteiger partial charge in [0.1, 0.15) is 5.75 Å². The number of amides is 1. The van der Waals surface area contributed by atoms with Crippen molar-refractivity contribution in [3.8, 4) is 5.75 Å². The van der Waals surface area contributed by atoms with Gasteiger partial charge in [-0.15, -0.1) is 0 Å². The number of ether oxygens (including phenoxy) is 1. The van der Waals surface area contributed by atoms with Gasteiger partial charge in [0.2, 0.25) is 10.0 Å². The van der Waals surface area contributed by atoms with Crippen LogP contribution in [0.25, 0.3) is 0 Å². The van der Waals surface area contributed by atoms with Crippen LogP contribution in [0.15, 0.2) is 59.1 Å². The summed E-state index contributed by atoms with van der Waals surface area (Å²) >= 11 is 0. The van der Waals surface area contributed by atoms with Gasteiger partial charge in [0, 0.05) is 37.3 Å². The van der Waals surface area contributed by atoms with Crippen LogP contribution in [0.4, 0.5) is 18.9 Å². The molecule has 182 valence electrons. The van der Waals surface area contributed by atoms with Gasteiger partial charge < -0.3 is 10.1 Å². The molecule has 0 radical (unpaired) electrons. The number of carbonyl (C=O) groups excluding carboxylic acids is 1. The zero-order valence-corrected chi connectivity index (χ0v) is 18.7. The number of sulfonamides is 1. The van der Waals surface area contributed by atoms with Crippen LogP contribution in [0.5, 0.6) is 5.75 Å². The molecule has 0 saturated carbocycles. The van der Waals surface area contributed by atoms with Crippen molar-refractivity contribution >= 4 is 21.6 Å². The molecule has 2 aliphatic rings. The number of halogens is 3. The summed E-state index contributed by atoms with van der Waals surface area (Å²) in [6, 6.07) is 9.03. The van der Waals surface area contributed by atoms with Crippen LogP contribution in [0.3, 0.4) is 0 Å². The van der Waals surface area contributed by atoms with Crippen LogP contribution in [-0.4, -0.2) is 44.9 Å². The lowest BCUT2D eigenvalue weighted by atomic mass is 10.1. The number of rotatable bonds is 7. The second-order valence-electron chi connectivity index (χ2n) is 7.73. The molecule has 4 rings (SSSR count). The molecule has 2 aromatic rings. The van der Waals surface area contributed by atoms with Crippen molar-refractivity contribution in [1.82, 2.24) is 9.79 Å². The number of carbonyl (C=O) groups is 1. The molecule has 0 atom stereocenters. The number of fused-ring (bicyclic) bond motifs is 1. The molecule has 0 aromatic heterocycles. The molecule has 0 saturated heterocycles. The van der Waals surface area contributed by atoms with Gasteiger partial charge in [-0.2, -0.15) is 17.5 Å². The van der Waals surface area contributed by atoms with Crippen LogP contribution in [0.1, 0.15) is 17.5 Å². The third kappa shape index (κ3) is 5.51. The van der Waals surface area contributed by atoms with Gasteiger partial charge in [-0.05, 0) is 48.0 Å². The second-order valence-corrected chi connectivity index (χ2v) is 9.67. The van der Waals surface area contributed by atoms with Crippen molar-refractivity contribution in [2.75, 3.05) is 31.6 Å². The summed E-state index contributed by atoms with van der Waals surface area (Å²) < 4.78 is 70.8. The van der Waals surface area contributed by atoms with E-state index in [0.717, 1.165) is 40.2 Å². The summed E-state index contributed by atoms with van der Waals surface area (Å²) in [7, 11) is -4.09. The number of nitrogens with zero attached hydrogens (tertiary/aromatic N) is 1. The first-order valence-electron chi connectivity index (χ1n) is 10.4. The first kappa shape index (κ1) is 24.0. The molecule has 8 nitrogen and oxygen atoms in total. The minimum atomic E-state index is -4.64. The van der Waals surface area contributed by atoms with Crippen molar-refractivity contribution in [3.63, 3.8) is 0 Å². The molecular formula is C22H22F3N3O5S. The van der Waals surface area contributed by atoms with E-state index in [1.54, 1.807) is 18.2 Å². The number of benzene rings is 2. The van der Waals surface area contributed by atoms with Crippen molar-refractivity contribution in [2.24, 2.45) is 0 Å². The zero-order valence-electron chi connectivity index (χ0n) is 17.9. The largest absolute Gasteiger partial charge is 0.493 e. The Kier molecular flexibility index (Phi) is 6.82. The fraction of sp³-hybridized carbons (Fsp3) is 0.318. The maximum atomic E-state index is 12.9. The van der Waals surface area contributed by atoms with Gasteiger partial charge >= 0.3 is 6.18 Å². The number of hydrogen-bond donors (Lipinski definition) is 2. The van der Waals surface area contributed by atoms with Crippen LogP contribution in [-0.2, 0) is 32.3 Å². The SMILES string of the molecule is O=C(CONC1=CCN(S(=O)(=O)c2cccc(C(F)(F)F)c2)CC1)Nc1ccc2c(c1)CCO2. The number of hydroxylamine groups is 1. The lowest BCUT2D eigenvalue weighted by Gasteiger charge is -2.26. The first-order chi connectivity index (χ1) is 16.1. The minimum absolute atomic E-state index is 0.0458. The Morgan fingerprint density at radius 1 is 1.15 bits per heavy atom. The Morgan fingerprint density at radius 2 is 1.97 bits per heavy atom. The molecule has 0 bridgehead atoms. The Hall–Kier alpha value is -3.09. The standard InChI is InChI=1S/C22H22F3N3O5S/c23-22(24,25)16-2-1-3-19(13-16)34(30,31)28-9-6-17(7-10-28)27-33-14-21(29)26-18-4-5-20-15(12-18)8-11-32-20/h1-6,12-13,27H,7-11,14H2,(H,26,29). The van der Waals surface area contributed by atoms with E-state index in [1.807, 2.05) is 6.07 Å². The Morgan fingerprint density at radius 3 is 2.71 bits per heavy atom. The lowest BCUT2D eigenvalue weighted by Crippen LogP contribution is -2.37. The fourth-order valence-corrected chi connectivity index (χ4v) is 5.03. The predicted molar refractivity (Wildman–Crippen MR) is 116 cm³/mol. The molecule has 2 aliphatic heterocycles. The molecule has 0 fully saturated rings. The zero-order chi connectivity index (χ0) is 24.3. The Labute approximate surface area is 194 Å². The van der Waals surface area contributed by atoms with Gasteiger partial charge in [0.15, 0.2) is 6.61 Å². The van der Waals surface area contributed by atoms with E-state index in [0.29, 0.717) is 24.1 Å². The van der Waals surface area contributed by atoms with E-state index in [2.05, 4.69) is 10.8 Å². The van der Waals surface area contributed by atoms with E-state index >= 15 is 0 Å². The highest BCUT2D eigenvalue weighted by Gasteiger charge is 2.33. The smallest absolute Gasteiger partial charge is 0.416 e. The molecule has 2 N–H and O–H groups in total. The predicted octanol–water partition coefficient (Wildman–Crippen LogP) is 3.08. The second kappa shape index (κ2) is 9.65. The Bertz CT molecular complexity index is 1210. The molecule has 0 aliphatic carbocycles. The third-order valence-electron chi connectivity index (χ3n) is 5.35. The van der Waals surface area contributed by atoms with E-state index in [-0.39, 0.29) is 32.0 Å². The molecule has 2 aromatic carbocycles. The summed E-state index contributed by atoms with van der Waals surface area (Å²) in [5.74, 6) is 0.431. The highest BCUT2D eigenvalue weighted by molar-refractivity contribution is 7.89. The number of nitrogens with one attached hydrogen (secondary N) is 2. The van der Waals surface area contributed by atoms with Crippen LogP contribution in [0.2, 0.25) is 0 Å². The maximum Gasteiger partial charge on any atom is 0.416 e. The minimum Gasteiger partial charge on any atom is -0.493 e. The van der Waals surface area contributed by atoms with Crippen molar-refractivity contribution in [3.05, 3.63) is 65.4 Å². The van der Waals surface area contributed by atoms with Gasteiger partial charge in [0.25, 0.3) is 5.91 Å². The molecule has 1 amide bonds. The van der Waals surface area contributed by atoms with Crippen molar-refractivity contribution < 1.29 is 36.0 Å². The number of hydrogen-bond acceptors (Lipinski definition) is 6.